The van der Waals surface area contributed by atoms with Crippen molar-refractivity contribution in [1.82, 2.24) is 4.57 Å². The zero-order chi connectivity index (χ0) is 14.4. The first-order valence-corrected chi connectivity index (χ1v) is 7.14. The average molecular weight is 312 g/mol. The molecule has 5 heteroatoms. The molecule has 0 atom stereocenters. The first-order chi connectivity index (χ1) is 9.49. The van der Waals surface area contributed by atoms with E-state index < -0.39 is 5.82 Å². The van der Waals surface area contributed by atoms with Crippen molar-refractivity contribution in [2.45, 2.75) is 26.2 Å². The molecule has 1 aromatic carbocycles. The number of ketones is 1. The van der Waals surface area contributed by atoms with Gasteiger partial charge in [-0.25, -0.2) is 4.39 Å². The number of benzene rings is 1. The number of hydrogen-bond donors (Lipinski definition) is 0. The van der Waals surface area contributed by atoms with Gasteiger partial charge >= 0.3 is 0 Å². The van der Waals surface area contributed by atoms with Crippen LogP contribution in [0.3, 0.4) is 0 Å². The van der Waals surface area contributed by atoms with Gasteiger partial charge in [0, 0.05) is 29.1 Å². The third-order valence-electron chi connectivity index (χ3n) is 3.63. The Morgan fingerprint density at radius 3 is 2.45 bits per heavy atom. The Morgan fingerprint density at radius 2 is 1.80 bits per heavy atom. The zero-order valence-corrected chi connectivity index (χ0v) is 12.4. The van der Waals surface area contributed by atoms with E-state index in [0.717, 1.165) is 29.8 Å². The Hall–Kier alpha value is -1.32. The monoisotopic (exact) mass is 311 g/mol. The molecule has 0 N–H and O–H groups in total. The zero-order valence-electron chi connectivity index (χ0n) is 10.8. The van der Waals surface area contributed by atoms with Gasteiger partial charge in [-0.2, -0.15) is 0 Å². The molecule has 0 bridgehead atoms. The molecule has 1 aromatic heterocycles. The number of halogens is 3. The van der Waals surface area contributed by atoms with Crippen LogP contribution in [-0.2, 0) is 6.42 Å². The molecule has 0 radical (unpaired) electrons. The molecule has 2 nitrogen and oxygen atoms in total. The fourth-order valence-electron chi connectivity index (χ4n) is 2.76. The minimum Gasteiger partial charge on any atom is -0.317 e. The summed E-state index contributed by atoms with van der Waals surface area (Å²) in [6, 6.07) is 4.95. The number of aryl methyl sites for hydroxylation is 1. The van der Waals surface area contributed by atoms with Crippen molar-refractivity contribution in [2.24, 2.45) is 0 Å². The van der Waals surface area contributed by atoms with Gasteiger partial charge in [0.05, 0.1) is 10.0 Å². The van der Waals surface area contributed by atoms with Crippen molar-refractivity contribution < 1.29 is 9.18 Å². The standard InChI is InChI=1S/C15H12Cl2FNO/c1-8-5-10-13(3-2-4-14(10)20)19(8)9-6-11(16)15(18)12(17)7-9/h5-7H,2-4H2,1H3. The van der Waals surface area contributed by atoms with Gasteiger partial charge in [0.15, 0.2) is 11.6 Å². The minimum absolute atomic E-state index is 0.0171. The Labute approximate surface area is 126 Å². The van der Waals surface area contributed by atoms with Crippen molar-refractivity contribution in [3.05, 3.63) is 51.0 Å². The molecule has 0 aliphatic heterocycles. The van der Waals surface area contributed by atoms with E-state index in [1.165, 1.54) is 12.1 Å². The van der Waals surface area contributed by atoms with Crippen molar-refractivity contribution in [3.8, 4) is 5.69 Å². The molecule has 1 aliphatic rings. The average Bonchev–Trinajstić information content (AvgIpc) is 2.73. The van der Waals surface area contributed by atoms with E-state index in [4.69, 9.17) is 23.2 Å². The molecular formula is C15H12Cl2FNO. The highest BCUT2D eigenvalue weighted by Crippen LogP contribution is 2.32. The number of aromatic nitrogens is 1. The molecule has 0 amide bonds. The van der Waals surface area contributed by atoms with Crippen LogP contribution < -0.4 is 0 Å². The number of rotatable bonds is 1. The van der Waals surface area contributed by atoms with Gasteiger partial charge in [-0.05, 0) is 38.0 Å². The number of hydrogen-bond acceptors (Lipinski definition) is 1. The van der Waals surface area contributed by atoms with Crippen LogP contribution in [0.2, 0.25) is 10.0 Å². The van der Waals surface area contributed by atoms with Crippen LogP contribution in [0.4, 0.5) is 4.39 Å². The molecular weight excluding hydrogens is 300 g/mol. The highest BCUT2D eigenvalue weighted by atomic mass is 35.5. The van der Waals surface area contributed by atoms with Crippen molar-refractivity contribution in [3.63, 3.8) is 0 Å². The van der Waals surface area contributed by atoms with Gasteiger partial charge in [0.2, 0.25) is 0 Å². The van der Waals surface area contributed by atoms with Gasteiger partial charge < -0.3 is 4.57 Å². The Morgan fingerprint density at radius 1 is 1.15 bits per heavy atom. The maximum Gasteiger partial charge on any atom is 0.164 e. The molecule has 3 rings (SSSR count). The molecule has 20 heavy (non-hydrogen) atoms. The lowest BCUT2D eigenvalue weighted by Crippen LogP contribution is -2.12. The summed E-state index contributed by atoms with van der Waals surface area (Å²) in [4.78, 5) is 11.9. The molecule has 104 valence electrons. The summed E-state index contributed by atoms with van der Waals surface area (Å²) >= 11 is 11.7. The Balaban J connectivity index is 2.23. The fraction of sp³-hybridized carbons (Fsp3) is 0.267. The number of fused-ring (bicyclic) bond motifs is 1. The lowest BCUT2D eigenvalue weighted by atomic mass is 9.96. The highest BCUT2D eigenvalue weighted by Gasteiger charge is 2.23. The van der Waals surface area contributed by atoms with E-state index in [2.05, 4.69) is 0 Å². The van der Waals surface area contributed by atoms with Crippen LogP contribution in [0.25, 0.3) is 5.69 Å². The smallest absolute Gasteiger partial charge is 0.164 e. The maximum atomic E-state index is 13.5. The Bertz CT molecular complexity index is 698. The minimum atomic E-state index is -0.619. The second kappa shape index (κ2) is 4.90. The number of carbonyl (C=O) groups excluding carboxylic acids is 1. The predicted octanol–water partition coefficient (Wildman–Crippen LogP) is 4.75. The third-order valence-corrected chi connectivity index (χ3v) is 4.18. The van der Waals surface area contributed by atoms with E-state index in [1.807, 2.05) is 17.6 Å². The van der Waals surface area contributed by atoms with Crippen LogP contribution in [0.15, 0.2) is 18.2 Å². The largest absolute Gasteiger partial charge is 0.317 e. The Kier molecular flexibility index (Phi) is 3.35. The SMILES string of the molecule is Cc1cc2c(n1-c1cc(Cl)c(F)c(Cl)c1)CCCC2=O. The van der Waals surface area contributed by atoms with E-state index in [1.54, 1.807) is 0 Å². The van der Waals surface area contributed by atoms with Crippen molar-refractivity contribution >= 4 is 29.0 Å². The van der Waals surface area contributed by atoms with Gasteiger partial charge in [0.25, 0.3) is 0 Å². The molecule has 0 unspecified atom stereocenters. The first kappa shape index (κ1) is 13.7. The maximum absolute atomic E-state index is 13.5. The van der Waals surface area contributed by atoms with Crippen LogP contribution in [0, 0.1) is 12.7 Å². The lowest BCUT2D eigenvalue weighted by molar-refractivity contribution is 0.0972. The van der Waals surface area contributed by atoms with Crippen LogP contribution in [0.1, 0.15) is 34.6 Å². The molecule has 0 saturated heterocycles. The van der Waals surface area contributed by atoms with Crippen LogP contribution in [-0.4, -0.2) is 10.4 Å². The lowest BCUT2D eigenvalue weighted by Gasteiger charge is -2.16. The molecule has 1 aliphatic carbocycles. The van der Waals surface area contributed by atoms with Crippen molar-refractivity contribution in [2.75, 3.05) is 0 Å². The summed E-state index contributed by atoms with van der Waals surface area (Å²) in [6.07, 6.45) is 2.24. The van der Waals surface area contributed by atoms with E-state index >= 15 is 0 Å². The van der Waals surface area contributed by atoms with E-state index in [9.17, 15) is 9.18 Å². The van der Waals surface area contributed by atoms with Gasteiger partial charge in [0.1, 0.15) is 0 Å². The molecule has 1 heterocycles. The summed E-state index contributed by atoms with van der Waals surface area (Å²) in [5, 5.41) is -0.0343. The van der Waals surface area contributed by atoms with E-state index in [0.29, 0.717) is 12.1 Å². The molecule has 0 saturated carbocycles. The molecule has 0 fully saturated rings. The van der Waals surface area contributed by atoms with Gasteiger partial charge in [-0.15, -0.1) is 0 Å². The summed E-state index contributed by atoms with van der Waals surface area (Å²) in [6.45, 7) is 1.91. The summed E-state index contributed by atoms with van der Waals surface area (Å²) in [5.41, 5.74) is 3.32. The third kappa shape index (κ3) is 2.05. The highest BCUT2D eigenvalue weighted by molar-refractivity contribution is 6.35. The predicted molar refractivity (Wildman–Crippen MR) is 77.8 cm³/mol. The van der Waals surface area contributed by atoms with Gasteiger partial charge in [-0.1, -0.05) is 23.2 Å². The second-order valence-corrected chi connectivity index (χ2v) is 5.80. The van der Waals surface area contributed by atoms with Crippen LogP contribution in [0.5, 0.6) is 0 Å². The first-order valence-electron chi connectivity index (χ1n) is 6.38. The van der Waals surface area contributed by atoms with Gasteiger partial charge in [-0.3, -0.25) is 4.79 Å². The van der Waals surface area contributed by atoms with Crippen LogP contribution >= 0.6 is 23.2 Å². The number of carbonyl (C=O) groups is 1. The summed E-state index contributed by atoms with van der Waals surface area (Å²) in [7, 11) is 0. The normalized spacial score (nSPS) is 14.5. The summed E-state index contributed by atoms with van der Waals surface area (Å²) < 4.78 is 15.5. The molecule has 2 aromatic rings. The fourth-order valence-corrected chi connectivity index (χ4v) is 3.24. The number of Topliss-reactive ketones (excluding diaryl/α,β-unsaturated/α-hetero) is 1. The quantitative estimate of drug-likeness (QED) is 0.696. The van der Waals surface area contributed by atoms with E-state index in [-0.39, 0.29) is 15.8 Å². The molecule has 0 spiro atoms. The topological polar surface area (TPSA) is 22.0 Å². The van der Waals surface area contributed by atoms with Crippen molar-refractivity contribution in [1.29, 1.82) is 0 Å². The number of nitrogens with zero attached hydrogens (tertiary/aromatic N) is 1. The second-order valence-electron chi connectivity index (χ2n) is 4.98. The summed E-state index contributed by atoms with van der Waals surface area (Å²) in [5.74, 6) is -0.459.